The van der Waals surface area contributed by atoms with E-state index in [9.17, 15) is 0 Å². The molecule has 0 atom stereocenters. The lowest BCUT2D eigenvalue weighted by Crippen LogP contribution is -1.66. The van der Waals surface area contributed by atoms with Crippen LogP contribution < -0.4 is 0 Å². The monoisotopic (exact) mass is 313 g/mol. The van der Waals surface area contributed by atoms with Gasteiger partial charge in [0.2, 0.25) is 0 Å². The predicted octanol–water partition coefficient (Wildman–Crippen LogP) is 6.46. The quantitative estimate of drug-likeness (QED) is 0.607. The van der Waals surface area contributed by atoms with Gasteiger partial charge < -0.3 is 4.52 Å². The molecule has 2 heterocycles. The number of aromatic amines is 1. The summed E-state index contributed by atoms with van der Waals surface area (Å²) in [5.74, 6) is 1.67. The number of nitrogens with one attached hydrogen (secondary N) is 1. The minimum absolute atomic E-state index is 0.833. The molecule has 0 saturated heterocycles. The van der Waals surface area contributed by atoms with Crippen LogP contribution in [0, 0.1) is 11.8 Å². The van der Waals surface area contributed by atoms with E-state index in [0.29, 0.717) is 0 Å². The molecular weight excluding hydrogens is 274 g/mol. The third kappa shape index (κ3) is 78.8. The lowest BCUT2D eigenvalue weighted by Gasteiger charge is -1.79. The van der Waals surface area contributed by atoms with Gasteiger partial charge in [0.15, 0.2) is 0 Å². The third-order valence-electron chi connectivity index (χ3n) is 0.753. The summed E-state index contributed by atoms with van der Waals surface area (Å²) in [4.78, 5) is 0. The summed E-state index contributed by atoms with van der Waals surface area (Å²) in [6, 6.07) is 3.56. The molecule has 4 nitrogen and oxygen atoms in total. The average molecular weight is 314 g/mol. The fraction of sp³-hybridized carbons (Fsp3) is 0.667. The number of H-pyrrole nitrogens is 1. The molecule has 0 aliphatic heterocycles. The highest BCUT2D eigenvalue weighted by Gasteiger charge is 1.68. The largest absolute Gasteiger partial charge is 0.365 e. The summed E-state index contributed by atoms with van der Waals surface area (Å²) >= 11 is 0. The van der Waals surface area contributed by atoms with E-state index in [1.165, 1.54) is 6.26 Å². The molecule has 132 valence electrons. The van der Waals surface area contributed by atoms with Gasteiger partial charge in [0.25, 0.3) is 0 Å². The standard InChI is InChI=1S/2C4H10.C3H4N2.C3H3NO.2C2H6/c2*1-4(2)3;2*1-2-4-5-3-1;2*1-2/h2*4H,1-3H3;1-3H,(H,4,5);1-3H;2*1-2H3. The van der Waals surface area contributed by atoms with Gasteiger partial charge in [-0.3, -0.25) is 5.10 Å². The first-order valence-corrected chi connectivity index (χ1v) is 8.24. The van der Waals surface area contributed by atoms with E-state index < -0.39 is 0 Å². The lowest BCUT2D eigenvalue weighted by molar-refractivity contribution is 0.420. The van der Waals surface area contributed by atoms with Crippen LogP contribution in [0.15, 0.2) is 41.5 Å². The summed E-state index contributed by atoms with van der Waals surface area (Å²) in [5, 5.41) is 9.56. The van der Waals surface area contributed by atoms with Crippen LogP contribution in [0.4, 0.5) is 0 Å². The molecule has 0 aliphatic rings. The molecule has 2 aromatic rings. The Bertz CT molecular complexity index is 218. The Morgan fingerprint density at radius 1 is 0.773 bits per heavy atom. The normalized spacial score (nSPS) is 7.45. The summed E-state index contributed by atoms with van der Waals surface area (Å²) < 4.78 is 4.33. The summed E-state index contributed by atoms with van der Waals surface area (Å²) in [5.41, 5.74) is 0. The first kappa shape index (κ1) is 28.6. The highest BCUT2D eigenvalue weighted by atomic mass is 16.5. The SMILES string of the molecule is CC.CC.CC(C)C.CC(C)C.c1cn[nH]c1.c1cnoc1. The molecule has 4 heteroatoms. The van der Waals surface area contributed by atoms with Crippen molar-refractivity contribution in [2.24, 2.45) is 11.8 Å². The van der Waals surface area contributed by atoms with Gasteiger partial charge in [0, 0.05) is 12.4 Å². The lowest BCUT2D eigenvalue weighted by atomic mass is 10.3. The van der Waals surface area contributed by atoms with Crippen LogP contribution in [0.5, 0.6) is 0 Å². The van der Waals surface area contributed by atoms with Crippen LogP contribution in [0.1, 0.15) is 69.2 Å². The van der Waals surface area contributed by atoms with Crippen LogP contribution in [-0.4, -0.2) is 15.4 Å². The minimum Gasteiger partial charge on any atom is -0.365 e. The van der Waals surface area contributed by atoms with E-state index in [0.717, 1.165) is 11.8 Å². The smallest absolute Gasteiger partial charge is 0.123 e. The van der Waals surface area contributed by atoms with Crippen LogP contribution >= 0.6 is 0 Å². The van der Waals surface area contributed by atoms with Crippen LogP contribution in [0.2, 0.25) is 0 Å². The molecule has 0 fully saturated rings. The number of aromatic nitrogens is 3. The van der Waals surface area contributed by atoms with E-state index in [1.807, 2.05) is 33.8 Å². The fourth-order valence-electron chi connectivity index (χ4n) is 0.391. The highest BCUT2D eigenvalue weighted by molar-refractivity contribution is 4.72. The zero-order valence-electron chi connectivity index (χ0n) is 16.4. The van der Waals surface area contributed by atoms with Crippen LogP contribution in [0.3, 0.4) is 0 Å². The number of nitrogens with zero attached hydrogens (tertiary/aromatic N) is 2. The van der Waals surface area contributed by atoms with E-state index in [2.05, 4.69) is 61.4 Å². The van der Waals surface area contributed by atoms with E-state index in [4.69, 9.17) is 0 Å². The summed E-state index contributed by atoms with van der Waals surface area (Å²) in [6.07, 6.45) is 6.56. The van der Waals surface area contributed by atoms with Crippen LogP contribution in [-0.2, 0) is 0 Å². The van der Waals surface area contributed by atoms with Crippen molar-refractivity contribution in [1.29, 1.82) is 0 Å². The second-order valence-corrected chi connectivity index (χ2v) is 4.92. The zero-order valence-corrected chi connectivity index (χ0v) is 16.4. The molecule has 1 N–H and O–H groups in total. The Balaban J connectivity index is -0.0000000919. The molecule has 0 unspecified atom stereocenters. The Morgan fingerprint density at radius 2 is 1.23 bits per heavy atom. The maximum atomic E-state index is 4.33. The van der Waals surface area contributed by atoms with Crippen molar-refractivity contribution < 1.29 is 4.52 Å². The Labute approximate surface area is 138 Å². The molecule has 0 spiro atoms. The van der Waals surface area contributed by atoms with Crippen molar-refractivity contribution in [1.82, 2.24) is 15.4 Å². The van der Waals surface area contributed by atoms with E-state index in [1.54, 1.807) is 24.7 Å². The average Bonchev–Trinajstić information content (AvgIpc) is 3.20. The number of hydrogen-bond acceptors (Lipinski definition) is 3. The minimum atomic E-state index is 0.833. The molecule has 0 aliphatic carbocycles. The van der Waals surface area contributed by atoms with Crippen LogP contribution in [0.25, 0.3) is 0 Å². The maximum Gasteiger partial charge on any atom is 0.123 e. The third-order valence-corrected chi connectivity index (χ3v) is 0.753. The van der Waals surface area contributed by atoms with Gasteiger partial charge in [-0.05, 0) is 24.0 Å². The first-order chi connectivity index (χ1) is 10.5. The predicted molar refractivity (Wildman–Crippen MR) is 98.8 cm³/mol. The number of hydrogen-bond donors (Lipinski definition) is 1. The van der Waals surface area contributed by atoms with Gasteiger partial charge in [-0.15, -0.1) is 0 Å². The Kier molecular flexibility index (Phi) is 41.1. The summed E-state index contributed by atoms with van der Waals surface area (Å²) in [6.45, 7) is 21.0. The molecule has 2 aromatic heterocycles. The van der Waals surface area contributed by atoms with E-state index >= 15 is 0 Å². The Hall–Kier alpha value is -1.58. The van der Waals surface area contributed by atoms with Crippen molar-refractivity contribution in [3.63, 3.8) is 0 Å². The Morgan fingerprint density at radius 3 is 1.32 bits per heavy atom. The molecule has 2 rings (SSSR count). The highest BCUT2D eigenvalue weighted by Crippen LogP contribution is 1.81. The van der Waals surface area contributed by atoms with Gasteiger partial charge in [0.1, 0.15) is 6.26 Å². The topological polar surface area (TPSA) is 54.7 Å². The maximum absolute atomic E-state index is 4.33. The first-order valence-electron chi connectivity index (χ1n) is 8.24. The van der Waals surface area contributed by atoms with Gasteiger partial charge in [0.05, 0.1) is 6.20 Å². The zero-order chi connectivity index (χ0) is 18.2. The molecule has 0 amide bonds. The van der Waals surface area contributed by atoms with Gasteiger partial charge in [-0.25, -0.2) is 0 Å². The van der Waals surface area contributed by atoms with Gasteiger partial charge in [-0.1, -0.05) is 74.4 Å². The molecule has 0 aromatic carbocycles. The fourth-order valence-corrected chi connectivity index (χ4v) is 0.391. The van der Waals surface area contributed by atoms with E-state index in [-0.39, 0.29) is 0 Å². The number of rotatable bonds is 0. The molecule has 22 heavy (non-hydrogen) atoms. The van der Waals surface area contributed by atoms with Crippen molar-refractivity contribution >= 4 is 0 Å². The van der Waals surface area contributed by atoms with Crippen molar-refractivity contribution in [3.05, 3.63) is 37.0 Å². The molecule has 0 radical (unpaired) electrons. The molecule has 0 bridgehead atoms. The molecule has 0 saturated carbocycles. The van der Waals surface area contributed by atoms with Crippen molar-refractivity contribution in [3.8, 4) is 0 Å². The summed E-state index contributed by atoms with van der Waals surface area (Å²) in [7, 11) is 0. The molecular formula is C18H39N3O. The second-order valence-electron chi connectivity index (χ2n) is 4.92. The van der Waals surface area contributed by atoms with Gasteiger partial charge >= 0.3 is 0 Å². The van der Waals surface area contributed by atoms with Gasteiger partial charge in [-0.2, -0.15) is 5.10 Å². The van der Waals surface area contributed by atoms with Crippen molar-refractivity contribution in [2.75, 3.05) is 0 Å². The second kappa shape index (κ2) is 31.7. The van der Waals surface area contributed by atoms with Crippen molar-refractivity contribution in [2.45, 2.75) is 69.2 Å².